The van der Waals surface area contributed by atoms with Crippen molar-refractivity contribution in [3.05, 3.63) is 70.1 Å². The molecule has 28 heavy (non-hydrogen) atoms. The maximum atomic E-state index is 13.9. The molecular formula is C20H16ClFN4O2. The number of hydrogen-bond acceptors (Lipinski definition) is 6. The van der Waals surface area contributed by atoms with Crippen LogP contribution in [0.4, 0.5) is 10.2 Å². The van der Waals surface area contributed by atoms with Gasteiger partial charge in [0.1, 0.15) is 11.6 Å². The molecule has 2 aromatic heterocycles. The summed E-state index contributed by atoms with van der Waals surface area (Å²) in [5.74, 6) is 1.07. The van der Waals surface area contributed by atoms with Crippen molar-refractivity contribution < 1.29 is 13.9 Å². The van der Waals surface area contributed by atoms with Crippen molar-refractivity contribution in [1.82, 2.24) is 15.0 Å². The Morgan fingerprint density at radius 3 is 2.93 bits per heavy atom. The first-order valence-electron chi connectivity index (χ1n) is 8.95. The predicted molar refractivity (Wildman–Crippen MR) is 101 cm³/mol. The van der Waals surface area contributed by atoms with Gasteiger partial charge in [-0.1, -0.05) is 12.1 Å². The Hall–Kier alpha value is -2.77. The smallest absolute Gasteiger partial charge is 0.224 e. The largest absolute Gasteiger partial charge is 0.453 e. The van der Waals surface area contributed by atoms with Gasteiger partial charge in [-0.3, -0.25) is 4.98 Å². The first kappa shape index (κ1) is 17.3. The molecule has 2 aliphatic rings. The molecule has 0 N–H and O–H groups in total. The number of nitrogens with zero attached hydrogens (tertiary/aromatic N) is 4. The third-order valence-electron chi connectivity index (χ3n) is 4.91. The molecule has 0 aliphatic carbocycles. The maximum Gasteiger partial charge on any atom is 0.224 e. The van der Waals surface area contributed by atoms with Crippen molar-refractivity contribution in [2.45, 2.75) is 26.2 Å². The van der Waals surface area contributed by atoms with Gasteiger partial charge in [0.2, 0.25) is 5.28 Å². The van der Waals surface area contributed by atoms with Gasteiger partial charge < -0.3 is 14.4 Å². The lowest BCUT2D eigenvalue weighted by molar-refractivity contribution is 0.133. The second-order valence-electron chi connectivity index (χ2n) is 6.72. The normalized spacial score (nSPS) is 15.3. The van der Waals surface area contributed by atoms with Crippen LogP contribution in [-0.2, 0) is 30.9 Å². The first-order valence-corrected chi connectivity index (χ1v) is 9.33. The summed E-state index contributed by atoms with van der Waals surface area (Å²) in [5, 5.41) is 0.222. The van der Waals surface area contributed by atoms with Gasteiger partial charge in [-0.05, 0) is 35.4 Å². The number of ether oxygens (including phenoxy) is 2. The molecular weight excluding hydrogens is 383 g/mol. The van der Waals surface area contributed by atoms with Crippen molar-refractivity contribution in [3.63, 3.8) is 0 Å². The predicted octanol–water partition coefficient (Wildman–Crippen LogP) is 4.05. The molecule has 0 spiro atoms. The molecule has 0 saturated heterocycles. The van der Waals surface area contributed by atoms with E-state index in [0.29, 0.717) is 25.5 Å². The number of aromatic nitrogens is 3. The monoisotopic (exact) mass is 398 g/mol. The molecule has 0 bridgehead atoms. The van der Waals surface area contributed by atoms with Crippen LogP contribution in [0.25, 0.3) is 0 Å². The fourth-order valence-electron chi connectivity index (χ4n) is 3.56. The molecule has 142 valence electrons. The number of hydrogen-bond donors (Lipinski definition) is 0. The van der Waals surface area contributed by atoms with Gasteiger partial charge in [-0.2, -0.15) is 0 Å². The highest BCUT2D eigenvalue weighted by atomic mass is 35.5. The van der Waals surface area contributed by atoms with Crippen LogP contribution in [0.3, 0.4) is 0 Å². The van der Waals surface area contributed by atoms with Gasteiger partial charge in [0.05, 0.1) is 25.1 Å². The van der Waals surface area contributed by atoms with E-state index in [-0.39, 0.29) is 11.0 Å². The maximum absolute atomic E-state index is 13.9. The van der Waals surface area contributed by atoms with Crippen molar-refractivity contribution >= 4 is 17.4 Å². The third kappa shape index (κ3) is 3.16. The molecule has 6 nitrogen and oxygen atoms in total. The second kappa shape index (κ2) is 7.00. The van der Waals surface area contributed by atoms with E-state index >= 15 is 0 Å². The van der Waals surface area contributed by atoms with Crippen LogP contribution in [0.2, 0.25) is 5.28 Å². The Balaban J connectivity index is 1.44. The fraction of sp³-hybridized carbons (Fsp3) is 0.250. The zero-order valence-corrected chi connectivity index (χ0v) is 15.6. The lowest BCUT2D eigenvalue weighted by atomic mass is 10.0. The van der Waals surface area contributed by atoms with E-state index in [0.717, 1.165) is 41.3 Å². The number of halogens is 2. The number of benzene rings is 1. The Morgan fingerprint density at radius 2 is 2.04 bits per heavy atom. The molecule has 8 heteroatoms. The summed E-state index contributed by atoms with van der Waals surface area (Å²) in [4.78, 5) is 15.4. The summed E-state index contributed by atoms with van der Waals surface area (Å²) in [6.45, 7) is 2.32. The van der Waals surface area contributed by atoms with Gasteiger partial charge >= 0.3 is 0 Å². The van der Waals surface area contributed by atoms with Crippen LogP contribution in [0.1, 0.15) is 22.5 Å². The minimum atomic E-state index is -0.409. The number of pyridine rings is 1. The fourth-order valence-corrected chi connectivity index (χ4v) is 3.74. The standard InChI is InChI=1S/C20H16ClFN4O2/c21-20-24-17-11-27-10-14(17)19(25-20)26-6-5-16-12(9-26)7-13(8-23-16)28-18-4-2-1-3-15(18)22/h1-4,7-8H,5-6,9-11H2. The molecule has 0 saturated carbocycles. The van der Waals surface area contributed by atoms with Crippen LogP contribution in [0.15, 0.2) is 36.5 Å². The minimum Gasteiger partial charge on any atom is -0.453 e. The highest BCUT2D eigenvalue weighted by Gasteiger charge is 2.26. The van der Waals surface area contributed by atoms with E-state index in [1.54, 1.807) is 24.4 Å². The lowest BCUT2D eigenvalue weighted by Gasteiger charge is -2.30. The van der Waals surface area contributed by atoms with E-state index in [1.807, 2.05) is 6.07 Å². The van der Waals surface area contributed by atoms with Crippen LogP contribution in [0.5, 0.6) is 11.5 Å². The summed E-state index contributed by atoms with van der Waals surface area (Å²) in [6, 6.07) is 8.21. The number of para-hydroxylation sites is 1. The summed E-state index contributed by atoms with van der Waals surface area (Å²) >= 11 is 6.11. The molecule has 3 aromatic rings. The SMILES string of the molecule is Fc1ccccc1Oc1cnc2c(c1)CN(c1nc(Cl)nc3c1COC3)CC2. The average molecular weight is 399 g/mol. The molecule has 0 amide bonds. The van der Waals surface area contributed by atoms with Gasteiger partial charge in [-0.25, -0.2) is 14.4 Å². The Kier molecular flexibility index (Phi) is 4.33. The van der Waals surface area contributed by atoms with Crippen molar-refractivity contribution in [1.29, 1.82) is 0 Å². The summed E-state index contributed by atoms with van der Waals surface area (Å²) in [7, 11) is 0. The zero-order chi connectivity index (χ0) is 19.1. The van der Waals surface area contributed by atoms with Gasteiger partial charge in [0.25, 0.3) is 0 Å². The molecule has 0 atom stereocenters. The molecule has 0 unspecified atom stereocenters. The molecule has 0 radical (unpaired) electrons. The van der Waals surface area contributed by atoms with Crippen LogP contribution in [0, 0.1) is 5.82 Å². The number of fused-ring (bicyclic) bond motifs is 2. The summed E-state index contributed by atoms with van der Waals surface area (Å²) in [6.07, 6.45) is 2.40. The van der Waals surface area contributed by atoms with E-state index in [1.165, 1.54) is 6.07 Å². The molecule has 0 fully saturated rings. The minimum absolute atomic E-state index is 0.175. The van der Waals surface area contributed by atoms with Crippen LogP contribution < -0.4 is 9.64 Å². The second-order valence-corrected chi connectivity index (χ2v) is 7.05. The van der Waals surface area contributed by atoms with Gasteiger partial charge in [0.15, 0.2) is 11.6 Å². The summed E-state index contributed by atoms with van der Waals surface area (Å²) < 4.78 is 25.1. The highest BCUT2D eigenvalue weighted by molar-refractivity contribution is 6.28. The van der Waals surface area contributed by atoms with Crippen LogP contribution in [-0.4, -0.2) is 21.5 Å². The zero-order valence-electron chi connectivity index (χ0n) is 14.9. The molecule has 4 heterocycles. The quantitative estimate of drug-likeness (QED) is 0.620. The molecule has 2 aliphatic heterocycles. The number of rotatable bonds is 3. The van der Waals surface area contributed by atoms with E-state index in [9.17, 15) is 4.39 Å². The Morgan fingerprint density at radius 1 is 1.14 bits per heavy atom. The van der Waals surface area contributed by atoms with Crippen molar-refractivity contribution in [3.8, 4) is 11.5 Å². The van der Waals surface area contributed by atoms with Gasteiger partial charge in [0, 0.05) is 30.8 Å². The van der Waals surface area contributed by atoms with Crippen LogP contribution >= 0.6 is 11.6 Å². The van der Waals surface area contributed by atoms with Gasteiger partial charge in [-0.15, -0.1) is 0 Å². The first-order chi connectivity index (χ1) is 13.7. The topological polar surface area (TPSA) is 60.4 Å². The van der Waals surface area contributed by atoms with E-state index in [4.69, 9.17) is 21.1 Å². The van der Waals surface area contributed by atoms with Crippen molar-refractivity contribution in [2.75, 3.05) is 11.4 Å². The molecule has 1 aromatic carbocycles. The lowest BCUT2D eigenvalue weighted by Crippen LogP contribution is -2.32. The highest BCUT2D eigenvalue weighted by Crippen LogP contribution is 2.33. The number of anilines is 1. The third-order valence-corrected chi connectivity index (χ3v) is 5.08. The molecule has 5 rings (SSSR count). The average Bonchev–Trinajstić information content (AvgIpc) is 3.17. The summed E-state index contributed by atoms with van der Waals surface area (Å²) in [5.41, 5.74) is 3.85. The Bertz CT molecular complexity index is 1060. The Labute approximate surface area is 165 Å². The van der Waals surface area contributed by atoms with Crippen molar-refractivity contribution in [2.24, 2.45) is 0 Å². The van der Waals surface area contributed by atoms with E-state index in [2.05, 4.69) is 19.9 Å². The van der Waals surface area contributed by atoms with E-state index < -0.39 is 5.82 Å².